The van der Waals surface area contributed by atoms with E-state index in [-0.39, 0.29) is 29.2 Å². The normalized spacial score (nSPS) is 22.3. The lowest BCUT2D eigenvalue weighted by atomic mass is 10.2. The molecule has 1 aromatic carbocycles. The minimum Gasteiger partial charge on any atom is -0.506 e. The monoisotopic (exact) mass is 410 g/mol. The lowest BCUT2D eigenvalue weighted by Gasteiger charge is -2.35. The van der Waals surface area contributed by atoms with Crippen molar-refractivity contribution in [3.63, 3.8) is 0 Å². The summed E-state index contributed by atoms with van der Waals surface area (Å²) in [5.41, 5.74) is 0.841. The predicted octanol–water partition coefficient (Wildman–Crippen LogP) is -0.0871. The van der Waals surface area contributed by atoms with E-state index in [0.29, 0.717) is 19.5 Å². The van der Waals surface area contributed by atoms with Gasteiger partial charge in [0.05, 0.1) is 43.4 Å². The summed E-state index contributed by atoms with van der Waals surface area (Å²) in [6.07, 6.45) is 2.45. The number of unbranched alkanes of at least 4 members (excludes halogenated alkanes) is 1. The van der Waals surface area contributed by atoms with Crippen molar-refractivity contribution >= 4 is 21.4 Å². The number of piperazine rings is 1. The molecule has 2 fully saturated rings. The van der Waals surface area contributed by atoms with Crippen LogP contribution in [-0.4, -0.2) is 81.1 Å². The molecule has 0 bridgehead atoms. The number of carbonyl (C=O) groups excluding carboxylic acids is 1. The van der Waals surface area contributed by atoms with Gasteiger partial charge in [0.15, 0.2) is 16.4 Å². The van der Waals surface area contributed by atoms with Crippen LogP contribution in [0, 0.1) is 0 Å². The van der Waals surface area contributed by atoms with Gasteiger partial charge in [-0.2, -0.15) is 0 Å². The van der Waals surface area contributed by atoms with Crippen molar-refractivity contribution in [3.05, 3.63) is 24.3 Å². The fraction of sp³-hybridized carbons (Fsp3) is 0.650. The standard InChI is InChI=1S/C20H31N3O4S/c1-2-3-9-23(17-8-14-28(26,27)16-17)20(25)15-21-10-12-22(13-11-21)18-6-4-5-7-19(18)24/h4-7,17,24H,2-3,8-16H2,1H3/p+1/t17-/m1/s1. The molecule has 0 aliphatic carbocycles. The average molecular weight is 411 g/mol. The summed E-state index contributed by atoms with van der Waals surface area (Å²) in [5.74, 6) is 0.662. The van der Waals surface area contributed by atoms with Crippen LogP contribution in [0.25, 0.3) is 0 Å². The van der Waals surface area contributed by atoms with Crippen LogP contribution < -0.4 is 9.80 Å². The van der Waals surface area contributed by atoms with Gasteiger partial charge in [-0.25, -0.2) is 8.42 Å². The number of quaternary nitrogens is 1. The first-order valence-electron chi connectivity index (χ1n) is 10.3. The summed E-state index contributed by atoms with van der Waals surface area (Å²) in [7, 11) is -3.01. The van der Waals surface area contributed by atoms with Crippen LogP contribution in [0.2, 0.25) is 0 Å². The highest BCUT2D eigenvalue weighted by Gasteiger charge is 2.35. The molecule has 2 aliphatic heterocycles. The van der Waals surface area contributed by atoms with Crippen molar-refractivity contribution in [1.82, 2.24) is 4.90 Å². The van der Waals surface area contributed by atoms with Gasteiger partial charge in [-0.3, -0.25) is 4.79 Å². The van der Waals surface area contributed by atoms with Gasteiger partial charge < -0.3 is 19.8 Å². The van der Waals surface area contributed by atoms with E-state index in [0.717, 1.165) is 44.7 Å². The Labute approximate surface area is 167 Å². The molecule has 2 aliphatic rings. The van der Waals surface area contributed by atoms with Gasteiger partial charge in [0.25, 0.3) is 5.91 Å². The summed E-state index contributed by atoms with van der Waals surface area (Å²) in [6.45, 7) is 6.36. The largest absolute Gasteiger partial charge is 0.506 e. The number of anilines is 1. The predicted molar refractivity (Wildman–Crippen MR) is 110 cm³/mol. The number of amides is 1. The second kappa shape index (κ2) is 9.13. The van der Waals surface area contributed by atoms with E-state index in [1.807, 2.05) is 23.1 Å². The minimum absolute atomic E-state index is 0.0709. The zero-order valence-corrected chi connectivity index (χ0v) is 17.5. The molecule has 2 heterocycles. The molecule has 7 nitrogen and oxygen atoms in total. The number of benzene rings is 1. The third-order valence-electron chi connectivity index (χ3n) is 5.82. The van der Waals surface area contributed by atoms with Gasteiger partial charge in [0.1, 0.15) is 5.75 Å². The number of carbonyl (C=O) groups is 1. The molecular formula is C20H32N3O4S+. The van der Waals surface area contributed by atoms with Crippen LogP contribution in [0.1, 0.15) is 26.2 Å². The first-order chi connectivity index (χ1) is 13.4. The number of hydrogen-bond acceptors (Lipinski definition) is 5. The second-order valence-corrected chi connectivity index (χ2v) is 10.1. The first kappa shape index (κ1) is 20.9. The number of phenolic OH excluding ortho intramolecular Hbond substituents is 1. The summed E-state index contributed by atoms with van der Waals surface area (Å²) < 4.78 is 23.7. The third-order valence-corrected chi connectivity index (χ3v) is 7.57. The number of sulfone groups is 1. The van der Waals surface area contributed by atoms with Crippen LogP contribution in [0.5, 0.6) is 5.75 Å². The molecule has 156 valence electrons. The van der Waals surface area contributed by atoms with E-state index in [4.69, 9.17) is 0 Å². The molecule has 0 unspecified atom stereocenters. The maximum Gasteiger partial charge on any atom is 0.278 e. The van der Waals surface area contributed by atoms with Crippen LogP contribution in [0.3, 0.4) is 0 Å². The van der Waals surface area contributed by atoms with E-state index in [1.54, 1.807) is 6.07 Å². The lowest BCUT2D eigenvalue weighted by Crippen LogP contribution is -3.16. The molecule has 1 amide bonds. The number of rotatable bonds is 7. The van der Waals surface area contributed by atoms with Gasteiger partial charge in [-0.1, -0.05) is 25.5 Å². The zero-order valence-electron chi connectivity index (χ0n) is 16.6. The molecule has 2 N–H and O–H groups in total. The fourth-order valence-corrected chi connectivity index (χ4v) is 5.88. The van der Waals surface area contributed by atoms with Gasteiger partial charge in [0.2, 0.25) is 0 Å². The van der Waals surface area contributed by atoms with E-state index in [1.165, 1.54) is 4.90 Å². The second-order valence-electron chi connectivity index (χ2n) is 7.90. The highest BCUT2D eigenvalue weighted by Crippen LogP contribution is 2.26. The molecule has 28 heavy (non-hydrogen) atoms. The van der Waals surface area contributed by atoms with Gasteiger partial charge in [-0.15, -0.1) is 0 Å². The topological polar surface area (TPSA) is 82.4 Å². The number of nitrogens with zero attached hydrogens (tertiary/aromatic N) is 2. The maximum absolute atomic E-state index is 13.0. The van der Waals surface area contributed by atoms with Crippen molar-refractivity contribution in [1.29, 1.82) is 0 Å². The highest BCUT2D eigenvalue weighted by molar-refractivity contribution is 7.91. The molecular weight excluding hydrogens is 378 g/mol. The van der Waals surface area contributed by atoms with Crippen LogP contribution in [0.15, 0.2) is 24.3 Å². The average Bonchev–Trinajstić information content (AvgIpc) is 3.03. The maximum atomic E-state index is 13.0. The molecule has 2 saturated heterocycles. The van der Waals surface area contributed by atoms with Crippen molar-refractivity contribution in [2.45, 2.75) is 32.2 Å². The summed E-state index contributed by atoms with van der Waals surface area (Å²) in [6, 6.07) is 7.18. The van der Waals surface area contributed by atoms with Gasteiger partial charge in [-0.05, 0) is 25.0 Å². The molecule has 1 atom stereocenters. The molecule has 1 aromatic rings. The van der Waals surface area contributed by atoms with E-state index < -0.39 is 9.84 Å². The van der Waals surface area contributed by atoms with Crippen molar-refractivity contribution < 1.29 is 23.2 Å². The third kappa shape index (κ3) is 5.17. The van der Waals surface area contributed by atoms with E-state index in [9.17, 15) is 18.3 Å². The molecule has 0 aromatic heterocycles. The van der Waals surface area contributed by atoms with Crippen molar-refractivity contribution in [3.8, 4) is 5.75 Å². The molecule has 0 saturated carbocycles. The summed E-state index contributed by atoms with van der Waals surface area (Å²) >= 11 is 0. The SMILES string of the molecule is CCCCN(C(=O)C[NH+]1CCN(c2ccccc2O)CC1)[C@@H]1CCS(=O)(=O)C1. The van der Waals surface area contributed by atoms with Gasteiger partial charge >= 0.3 is 0 Å². The molecule has 8 heteroatoms. The van der Waals surface area contributed by atoms with E-state index >= 15 is 0 Å². The molecule has 0 radical (unpaired) electrons. The van der Waals surface area contributed by atoms with Crippen LogP contribution in [-0.2, 0) is 14.6 Å². The Kier molecular flexibility index (Phi) is 6.82. The highest BCUT2D eigenvalue weighted by atomic mass is 32.2. The molecule has 0 spiro atoms. The smallest absolute Gasteiger partial charge is 0.278 e. The first-order valence-corrected chi connectivity index (χ1v) is 12.1. The summed E-state index contributed by atoms with van der Waals surface area (Å²) in [5, 5.41) is 10.0. The summed E-state index contributed by atoms with van der Waals surface area (Å²) in [4.78, 5) is 18.2. The van der Waals surface area contributed by atoms with Crippen molar-refractivity contribution in [2.24, 2.45) is 0 Å². The number of phenols is 1. The Hall–Kier alpha value is -1.80. The minimum atomic E-state index is -3.01. The molecule has 3 rings (SSSR count). The Morgan fingerprint density at radius 1 is 1.29 bits per heavy atom. The number of para-hydroxylation sites is 2. The number of nitrogens with one attached hydrogen (secondary N) is 1. The number of hydrogen-bond donors (Lipinski definition) is 2. The van der Waals surface area contributed by atoms with Crippen LogP contribution >= 0.6 is 0 Å². The lowest BCUT2D eigenvalue weighted by molar-refractivity contribution is -0.892. The zero-order chi connectivity index (χ0) is 20.1. The van der Waals surface area contributed by atoms with E-state index in [2.05, 4.69) is 11.8 Å². The quantitative estimate of drug-likeness (QED) is 0.657. The fourth-order valence-electron chi connectivity index (χ4n) is 4.15. The Bertz CT molecular complexity index is 775. The number of aromatic hydroxyl groups is 1. The van der Waals surface area contributed by atoms with Gasteiger partial charge in [0, 0.05) is 12.6 Å². The van der Waals surface area contributed by atoms with Crippen LogP contribution in [0.4, 0.5) is 5.69 Å². The Balaban J connectivity index is 1.56. The van der Waals surface area contributed by atoms with Crippen molar-refractivity contribution in [2.75, 3.05) is 55.7 Å². The Morgan fingerprint density at radius 2 is 2.00 bits per heavy atom. The Morgan fingerprint density at radius 3 is 2.61 bits per heavy atom.